The Labute approximate surface area is 173 Å². The summed E-state index contributed by atoms with van der Waals surface area (Å²) in [6.07, 6.45) is 4.81. The van der Waals surface area contributed by atoms with Gasteiger partial charge in [0.25, 0.3) is 0 Å². The van der Waals surface area contributed by atoms with Gasteiger partial charge in [-0.1, -0.05) is 34.8 Å². The van der Waals surface area contributed by atoms with E-state index in [1.54, 1.807) is 6.07 Å². The van der Waals surface area contributed by atoms with Crippen molar-refractivity contribution in [1.29, 1.82) is 0 Å². The molecule has 0 aromatic carbocycles. The van der Waals surface area contributed by atoms with E-state index in [0.29, 0.717) is 21.3 Å². The standard InChI is InChI=1S/C8H9Cl2N3.C8H12ClN5/c9-7-5-6(8(10)12-11-7)13-3-1-2-4-13;9-8-6(14-3-1-2-4-14)5-7(11-10)12-13-8/h5H,1-4H2;5H,1-4,10H2,(H,11,12). The Morgan fingerprint density at radius 3 is 1.74 bits per heavy atom. The molecule has 0 saturated carbocycles. The molecule has 11 heteroatoms. The number of nitrogens with zero attached hydrogens (tertiary/aromatic N) is 6. The molecular formula is C16H21Cl3N8. The third-order valence-corrected chi connectivity index (χ3v) is 5.20. The van der Waals surface area contributed by atoms with Crippen LogP contribution in [0.5, 0.6) is 0 Å². The lowest BCUT2D eigenvalue weighted by Gasteiger charge is -2.18. The third-order valence-electron chi connectivity index (χ3n) is 4.47. The number of hydrazine groups is 1. The van der Waals surface area contributed by atoms with Gasteiger partial charge in [-0.2, -0.15) is 0 Å². The molecule has 0 aliphatic carbocycles. The van der Waals surface area contributed by atoms with Crippen LogP contribution in [0.2, 0.25) is 15.5 Å². The zero-order chi connectivity index (χ0) is 19.2. The van der Waals surface area contributed by atoms with E-state index in [0.717, 1.165) is 37.6 Å². The highest BCUT2D eigenvalue weighted by Crippen LogP contribution is 2.28. The number of nitrogens with two attached hydrogens (primary N) is 1. The summed E-state index contributed by atoms with van der Waals surface area (Å²) >= 11 is 17.6. The summed E-state index contributed by atoms with van der Waals surface area (Å²) < 4.78 is 0. The van der Waals surface area contributed by atoms with Crippen LogP contribution in [0.1, 0.15) is 25.7 Å². The lowest BCUT2D eigenvalue weighted by Crippen LogP contribution is -2.19. The van der Waals surface area contributed by atoms with Gasteiger partial charge in [0.2, 0.25) is 0 Å². The maximum absolute atomic E-state index is 5.95. The fourth-order valence-corrected chi connectivity index (χ4v) is 3.71. The van der Waals surface area contributed by atoms with E-state index >= 15 is 0 Å². The van der Waals surface area contributed by atoms with Gasteiger partial charge in [0.05, 0.1) is 11.4 Å². The predicted molar refractivity (Wildman–Crippen MR) is 110 cm³/mol. The van der Waals surface area contributed by atoms with E-state index in [9.17, 15) is 0 Å². The van der Waals surface area contributed by atoms with Gasteiger partial charge in [0.15, 0.2) is 21.3 Å². The summed E-state index contributed by atoms with van der Waals surface area (Å²) in [7, 11) is 0. The molecule has 146 valence electrons. The molecule has 0 spiro atoms. The highest BCUT2D eigenvalue weighted by Gasteiger charge is 2.17. The highest BCUT2D eigenvalue weighted by molar-refractivity contribution is 6.33. The van der Waals surface area contributed by atoms with Crippen molar-refractivity contribution < 1.29 is 0 Å². The molecule has 8 nitrogen and oxygen atoms in total. The second kappa shape index (κ2) is 9.54. The van der Waals surface area contributed by atoms with Crippen LogP contribution in [0.4, 0.5) is 17.2 Å². The number of nitrogens with one attached hydrogen (secondary N) is 1. The van der Waals surface area contributed by atoms with Gasteiger partial charge < -0.3 is 15.2 Å². The SMILES string of the molecule is Clc1cc(N2CCCC2)c(Cl)nn1.NNc1cc(N2CCCC2)c(Cl)nn1. The summed E-state index contributed by atoms with van der Waals surface area (Å²) in [5, 5.41) is 16.3. The fraction of sp³-hybridized carbons (Fsp3) is 0.500. The third kappa shape index (κ3) is 5.22. The molecule has 0 unspecified atom stereocenters. The molecular weight excluding hydrogens is 411 g/mol. The molecule has 3 N–H and O–H groups in total. The van der Waals surface area contributed by atoms with Gasteiger partial charge in [-0.3, -0.25) is 0 Å². The van der Waals surface area contributed by atoms with E-state index in [1.165, 1.54) is 25.7 Å². The Morgan fingerprint density at radius 2 is 1.22 bits per heavy atom. The first kappa shape index (κ1) is 20.1. The number of anilines is 3. The van der Waals surface area contributed by atoms with Gasteiger partial charge in [0.1, 0.15) is 0 Å². The zero-order valence-electron chi connectivity index (χ0n) is 14.7. The largest absolute Gasteiger partial charge is 0.369 e. The molecule has 0 atom stereocenters. The summed E-state index contributed by atoms with van der Waals surface area (Å²) in [5.74, 6) is 5.79. The van der Waals surface area contributed by atoms with Crippen molar-refractivity contribution in [3.63, 3.8) is 0 Å². The lowest BCUT2D eigenvalue weighted by atomic mass is 10.4. The van der Waals surface area contributed by atoms with Crippen LogP contribution < -0.4 is 21.1 Å². The molecule has 0 bridgehead atoms. The smallest absolute Gasteiger partial charge is 0.175 e. The fourth-order valence-electron chi connectivity index (χ4n) is 3.14. The number of halogens is 3. The Kier molecular flexibility index (Phi) is 7.12. The van der Waals surface area contributed by atoms with Crippen molar-refractivity contribution in [1.82, 2.24) is 20.4 Å². The lowest BCUT2D eigenvalue weighted by molar-refractivity contribution is 0.936. The van der Waals surface area contributed by atoms with Crippen molar-refractivity contribution in [2.45, 2.75) is 25.7 Å². The minimum atomic E-state index is 0.395. The van der Waals surface area contributed by atoms with Crippen LogP contribution in [0.3, 0.4) is 0 Å². The van der Waals surface area contributed by atoms with Gasteiger partial charge >= 0.3 is 0 Å². The first-order chi connectivity index (χ1) is 13.1. The minimum Gasteiger partial charge on any atom is -0.369 e. The molecule has 2 saturated heterocycles. The molecule has 2 aliphatic rings. The summed E-state index contributed by atoms with van der Waals surface area (Å²) in [6.45, 7) is 4.11. The van der Waals surface area contributed by atoms with Crippen molar-refractivity contribution in [2.75, 3.05) is 41.4 Å². The Balaban J connectivity index is 0.000000156. The molecule has 2 aromatic rings. The molecule has 2 fully saturated rings. The van der Waals surface area contributed by atoms with E-state index in [2.05, 4.69) is 35.6 Å². The van der Waals surface area contributed by atoms with Gasteiger partial charge in [-0.25, -0.2) is 5.84 Å². The molecule has 0 amide bonds. The van der Waals surface area contributed by atoms with Crippen LogP contribution in [-0.2, 0) is 0 Å². The first-order valence-electron chi connectivity index (χ1n) is 8.77. The molecule has 2 aliphatic heterocycles. The van der Waals surface area contributed by atoms with Gasteiger partial charge in [-0.15, -0.1) is 20.4 Å². The Bertz CT molecular complexity index is 763. The summed E-state index contributed by atoms with van der Waals surface area (Å²) in [5.41, 5.74) is 4.27. The Hall–Kier alpha value is -1.61. The number of rotatable bonds is 3. The van der Waals surface area contributed by atoms with Crippen molar-refractivity contribution in [2.24, 2.45) is 5.84 Å². The number of hydrogen-bond donors (Lipinski definition) is 2. The van der Waals surface area contributed by atoms with Crippen LogP contribution in [0.15, 0.2) is 12.1 Å². The van der Waals surface area contributed by atoms with Crippen molar-refractivity contribution >= 4 is 52.0 Å². The first-order valence-corrected chi connectivity index (χ1v) is 9.90. The zero-order valence-corrected chi connectivity index (χ0v) is 17.0. The Morgan fingerprint density at radius 1 is 0.741 bits per heavy atom. The van der Waals surface area contributed by atoms with E-state index in [1.807, 2.05) is 6.07 Å². The molecule has 4 heterocycles. The summed E-state index contributed by atoms with van der Waals surface area (Å²) in [6, 6.07) is 3.59. The van der Waals surface area contributed by atoms with Crippen LogP contribution >= 0.6 is 34.8 Å². The van der Waals surface area contributed by atoms with Crippen LogP contribution in [0, 0.1) is 0 Å². The van der Waals surface area contributed by atoms with Crippen LogP contribution in [-0.4, -0.2) is 46.6 Å². The maximum Gasteiger partial charge on any atom is 0.175 e. The van der Waals surface area contributed by atoms with Gasteiger partial charge in [-0.05, 0) is 25.7 Å². The summed E-state index contributed by atoms with van der Waals surface area (Å²) in [4.78, 5) is 4.38. The average Bonchev–Trinajstić information content (AvgIpc) is 3.38. The van der Waals surface area contributed by atoms with Crippen molar-refractivity contribution in [3.05, 3.63) is 27.6 Å². The maximum atomic E-state index is 5.95. The molecule has 2 aromatic heterocycles. The van der Waals surface area contributed by atoms with E-state index in [4.69, 9.17) is 40.6 Å². The second-order valence-electron chi connectivity index (χ2n) is 6.28. The topological polar surface area (TPSA) is 96.1 Å². The monoisotopic (exact) mass is 430 g/mol. The predicted octanol–water partition coefficient (Wildman–Crippen LogP) is 3.40. The second-order valence-corrected chi connectivity index (χ2v) is 7.38. The van der Waals surface area contributed by atoms with Gasteiger partial charge in [0, 0.05) is 38.3 Å². The van der Waals surface area contributed by atoms with E-state index < -0.39 is 0 Å². The average molecular weight is 432 g/mol. The normalized spacial score (nSPS) is 16.3. The van der Waals surface area contributed by atoms with E-state index in [-0.39, 0.29) is 0 Å². The molecule has 27 heavy (non-hydrogen) atoms. The minimum absolute atomic E-state index is 0.395. The molecule has 0 radical (unpaired) electrons. The highest BCUT2D eigenvalue weighted by atomic mass is 35.5. The number of nitrogen functional groups attached to an aromatic ring is 1. The van der Waals surface area contributed by atoms with Crippen LogP contribution in [0.25, 0.3) is 0 Å². The van der Waals surface area contributed by atoms with Crippen molar-refractivity contribution in [3.8, 4) is 0 Å². The quantitative estimate of drug-likeness (QED) is 0.564. The molecule has 4 rings (SSSR count). The number of hydrogen-bond acceptors (Lipinski definition) is 8. The number of aromatic nitrogens is 4.